The first-order chi connectivity index (χ1) is 11.5. The monoisotopic (exact) mass is 362 g/mol. The Bertz CT molecular complexity index is 576. The predicted octanol–water partition coefficient (Wildman–Crippen LogP) is 3.45. The molecule has 0 aliphatic heterocycles. The summed E-state index contributed by atoms with van der Waals surface area (Å²) in [5.41, 5.74) is 2.15. The van der Waals surface area contributed by atoms with Crippen LogP contribution >= 0.6 is 23.5 Å². The lowest BCUT2D eigenvalue weighted by molar-refractivity contribution is 0.437. The van der Waals surface area contributed by atoms with E-state index in [0.717, 1.165) is 41.0 Å². The van der Waals surface area contributed by atoms with Gasteiger partial charge in [0.15, 0.2) is 5.16 Å². The Balaban J connectivity index is 2.02. The van der Waals surface area contributed by atoms with E-state index in [-0.39, 0.29) is 0 Å². The first-order valence-electron chi connectivity index (χ1n) is 8.03. The Labute approximate surface area is 154 Å². The van der Waals surface area contributed by atoms with E-state index in [1.807, 2.05) is 24.0 Å². The number of nitrogens with zero attached hydrogens (tertiary/aromatic N) is 4. The summed E-state index contributed by atoms with van der Waals surface area (Å²) < 4.78 is 0. The van der Waals surface area contributed by atoms with Gasteiger partial charge in [-0.05, 0) is 46.4 Å². The molecular weight excluding hydrogens is 336 g/mol. The van der Waals surface area contributed by atoms with Crippen LogP contribution in [0.4, 0.5) is 0 Å². The fraction of sp³-hybridized carbons (Fsp3) is 0.444. The molecule has 0 saturated heterocycles. The largest absolute Gasteiger partial charge is 0.309 e. The summed E-state index contributed by atoms with van der Waals surface area (Å²) in [5.74, 6) is 2.09. The highest BCUT2D eigenvalue weighted by atomic mass is 32.2. The number of aromatic nitrogens is 2. The third-order valence-electron chi connectivity index (χ3n) is 3.34. The second-order valence-corrected chi connectivity index (χ2v) is 8.29. The number of benzene rings is 1. The summed E-state index contributed by atoms with van der Waals surface area (Å²) in [6.45, 7) is 2.10. The van der Waals surface area contributed by atoms with Crippen molar-refractivity contribution < 1.29 is 0 Å². The van der Waals surface area contributed by atoms with Crippen LogP contribution in [0.1, 0.15) is 0 Å². The zero-order valence-corrected chi connectivity index (χ0v) is 16.5. The molecule has 0 radical (unpaired) electrons. The topological polar surface area (TPSA) is 32.3 Å². The summed E-state index contributed by atoms with van der Waals surface area (Å²) in [7, 11) is 8.37. The molecule has 130 valence electrons. The Morgan fingerprint density at radius 3 is 2.33 bits per heavy atom. The first kappa shape index (κ1) is 19.2. The average molecular weight is 363 g/mol. The van der Waals surface area contributed by atoms with E-state index in [0.29, 0.717) is 0 Å². The molecule has 1 aromatic carbocycles. The quantitative estimate of drug-likeness (QED) is 0.502. The van der Waals surface area contributed by atoms with Gasteiger partial charge in [-0.1, -0.05) is 23.9 Å². The number of hydrogen-bond acceptors (Lipinski definition) is 6. The normalized spacial score (nSPS) is 11.4. The molecule has 0 N–H and O–H groups in total. The van der Waals surface area contributed by atoms with Crippen molar-refractivity contribution in [2.45, 2.75) is 10.1 Å². The van der Waals surface area contributed by atoms with Crippen LogP contribution in [-0.4, -0.2) is 72.6 Å². The van der Waals surface area contributed by atoms with Crippen LogP contribution in [0.3, 0.4) is 0 Å². The van der Waals surface area contributed by atoms with Gasteiger partial charge in [0, 0.05) is 41.3 Å². The molecule has 0 aliphatic carbocycles. The minimum atomic E-state index is 0.847. The van der Waals surface area contributed by atoms with E-state index >= 15 is 0 Å². The molecule has 1 aromatic heterocycles. The van der Waals surface area contributed by atoms with Gasteiger partial charge in [0.05, 0.1) is 5.69 Å². The molecule has 0 fully saturated rings. The van der Waals surface area contributed by atoms with Crippen molar-refractivity contribution in [1.29, 1.82) is 0 Å². The van der Waals surface area contributed by atoms with E-state index < -0.39 is 0 Å². The Hall–Kier alpha value is -1.08. The number of rotatable bonds is 9. The lowest BCUT2D eigenvalue weighted by Crippen LogP contribution is -2.14. The molecule has 0 amide bonds. The second-order valence-electron chi connectivity index (χ2n) is 6.06. The summed E-state index contributed by atoms with van der Waals surface area (Å²) in [4.78, 5) is 14.7. The van der Waals surface area contributed by atoms with Crippen LogP contribution in [0.2, 0.25) is 0 Å². The molecule has 2 aromatic rings. The standard InChI is InChI=1S/C18H26N4S2/c1-21(2)10-12-23-16-7-5-6-15(14-16)17-8-9-19-18(20-17)24-13-11-22(3)4/h5-9,14H,10-13H2,1-4H3. The van der Waals surface area contributed by atoms with Gasteiger partial charge in [-0.25, -0.2) is 9.97 Å². The summed E-state index contributed by atoms with van der Waals surface area (Å²) >= 11 is 3.59. The molecular formula is C18H26N4S2. The summed E-state index contributed by atoms with van der Waals surface area (Å²) in [6.07, 6.45) is 1.85. The molecule has 0 saturated carbocycles. The van der Waals surface area contributed by atoms with Crippen LogP contribution < -0.4 is 0 Å². The van der Waals surface area contributed by atoms with Crippen molar-refractivity contribution in [3.63, 3.8) is 0 Å². The van der Waals surface area contributed by atoms with Crippen LogP contribution in [0.5, 0.6) is 0 Å². The van der Waals surface area contributed by atoms with Gasteiger partial charge < -0.3 is 9.80 Å². The molecule has 0 bridgehead atoms. The van der Waals surface area contributed by atoms with Crippen molar-refractivity contribution in [1.82, 2.24) is 19.8 Å². The average Bonchev–Trinajstić information content (AvgIpc) is 2.55. The highest BCUT2D eigenvalue weighted by Crippen LogP contribution is 2.25. The van der Waals surface area contributed by atoms with Crippen molar-refractivity contribution in [2.75, 3.05) is 52.8 Å². The maximum absolute atomic E-state index is 4.71. The minimum Gasteiger partial charge on any atom is -0.309 e. The zero-order chi connectivity index (χ0) is 17.4. The van der Waals surface area contributed by atoms with Crippen molar-refractivity contribution in [3.05, 3.63) is 36.5 Å². The third-order valence-corrected chi connectivity index (χ3v) is 5.16. The predicted molar refractivity (Wildman–Crippen MR) is 106 cm³/mol. The van der Waals surface area contributed by atoms with Gasteiger partial charge in [-0.15, -0.1) is 11.8 Å². The Kier molecular flexibility index (Phi) is 8.05. The molecule has 6 heteroatoms. The summed E-state index contributed by atoms with van der Waals surface area (Å²) in [6, 6.07) is 10.6. The molecule has 0 aliphatic rings. The fourth-order valence-electron chi connectivity index (χ4n) is 1.98. The fourth-order valence-corrected chi connectivity index (χ4v) is 4.00. The van der Waals surface area contributed by atoms with Crippen LogP contribution in [0.25, 0.3) is 11.3 Å². The third kappa shape index (κ3) is 6.81. The second kappa shape index (κ2) is 10.0. The molecule has 0 atom stereocenters. The van der Waals surface area contributed by atoms with Crippen LogP contribution in [-0.2, 0) is 0 Å². The van der Waals surface area contributed by atoms with Gasteiger partial charge in [0.2, 0.25) is 0 Å². The molecule has 4 nitrogen and oxygen atoms in total. The van der Waals surface area contributed by atoms with Gasteiger partial charge in [-0.2, -0.15) is 0 Å². The maximum atomic E-state index is 4.71. The van der Waals surface area contributed by atoms with Crippen molar-refractivity contribution in [3.8, 4) is 11.3 Å². The van der Waals surface area contributed by atoms with Crippen molar-refractivity contribution in [2.24, 2.45) is 0 Å². The minimum absolute atomic E-state index is 0.847. The van der Waals surface area contributed by atoms with E-state index in [9.17, 15) is 0 Å². The van der Waals surface area contributed by atoms with Gasteiger partial charge in [-0.3, -0.25) is 0 Å². The molecule has 0 spiro atoms. The number of thioether (sulfide) groups is 2. The SMILES string of the molecule is CN(C)CCSc1cccc(-c2ccnc(SCCN(C)C)n2)c1. The lowest BCUT2D eigenvalue weighted by Gasteiger charge is -2.10. The highest BCUT2D eigenvalue weighted by Gasteiger charge is 2.05. The zero-order valence-electron chi connectivity index (χ0n) is 14.9. The van der Waals surface area contributed by atoms with Gasteiger partial charge in [0.1, 0.15) is 0 Å². The molecule has 2 rings (SSSR count). The number of hydrogen-bond donors (Lipinski definition) is 0. The Morgan fingerprint density at radius 1 is 0.917 bits per heavy atom. The molecule has 0 unspecified atom stereocenters. The van der Waals surface area contributed by atoms with Crippen LogP contribution in [0.15, 0.2) is 46.6 Å². The maximum Gasteiger partial charge on any atom is 0.188 e. The van der Waals surface area contributed by atoms with Gasteiger partial charge >= 0.3 is 0 Å². The Morgan fingerprint density at radius 2 is 1.62 bits per heavy atom. The smallest absolute Gasteiger partial charge is 0.188 e. The van der Waals surface area contributed by atoms with E-state index in [1.165, 1.54) is 4.90 Å². The molecule has 24 heavy (non-hydrogen) atoms. The van der Waals surface area contributed by atoms with E-state index in [4.69, 9.17) is 4.98 Å². The highest BCUT2D eigenvalue weighted by molar-refractivity contribution is 7.99. The van der Waals surface area contributed by atoms with Crippen LogP contribution in [0, 0.1) is 0 Å². The molecule has 1 heterocycles. The van der Waals surface area contributed by atoms with E-state index in [2.05, 4.69) is 67.2 Å². The first-order valence-corrected chi connectivity index (χ1v) is 10.0. The van der Waals surface area contributed by atoms with Crippen molar-refractivity contribution >= 4 is 23.5 Å². The lowest BCUT2D eigenvalue weighted by atomic mass is 10.1. The summed E-state index contributed by atoms with van der Waals surface area (Å²) in [5, 5.41) is 0.847. The van der Waals surface area contributed by atoms with Gasteiger partial charge in [0.25, 0.3) is 0 Å². The van der Waals surface area contributed by atoms with E-state index in [1.54, 1.807) is 11.8 Å².